The molecule has 0 amide bonds. The van der Waals surface area contributed by atoms with Gasteiger partial charge in [-0.05, 0) is 49.3 Å². The molecule has 0 aromatic heterocycles. The first-order valence-corrected chi connectivity index (χ1v) is 14.9. The molecule has 0 saturated heterocycles. The maximum atomic E-state index is 2.21. The molecule has 0 fully saturated rings. The topological polar surface area (TPSA) is 18.6 Å². The van der Waals surface area contributed by atoms with E-state index in [9.17, 15) is 0 Å². The molecule has 0 spiro atoms. The summed E-state index contributed by atoms with van der Waals surface area (Å²) >= 11 is 0. The third-order valence-corrected chi connectivity index (χ3v) is 3.00. The number of rotatable bonds is 8. The largest absolute Gasteiger partial charge is 0.333 e. The van der Waals surface area contributed by atoms with Gasteiger partial charge in [0.1, 0.15) is 0 Å². The fourth-order valence-corrected chi connectivity index (χ4v) is 3.74. The van der Waals surface area contributed by atoms with Gasteiger partial charge >= 0.3 is 0 Å². The highest BCUT2D eigenvalue weighted by molar-refractivity contribution is 4.35. The third-order valence-electron chi connectivity index (χ3n) is 3.00. The first-order valence-electron chi connectivity index (χ1n) is 14.9. The Kier molecular flexibility index (Phi) is 59.1. The lowest BCUT2D eigenvalue weighted by Crippen LogP contribution is -3.08. The normalized spacial score (nSPS) is 11.0. The Balaban J connectivity index is -0.0000000353. The molecule has 0 saturated carbocycles. The van der Waals surface area contributed by atoms with Crippen LogP contribution in [0.15, 0.2) is 0 Å². The van der Waals surface area contributed by atoms with E-state index in [0.717, 1.165) is 29.1 Å². The zero-order chi connectivity index (χ0) is 35.2. The van der Waals surface area contributed by atoms with Gasteiger partial charge in [-0.1, -0.05) is 37.1 Å². The quantitative estimate of drug-likeness (QED) is 0.300. The lowest BCUT2D eigenvalue weighted by molar-refractivity contribution is -1.05. The number of nitrogens with zero attached hydrogens (tertiary/aromatic N) is 8. The highest BCUT2D eigenvalue weighted by Crippen LogP contribution is 1.97. The first kappa shape index (κ1) is 75.8. The smallest absolute Gasteiger partial charge is 0.206 e. The van der Waals surface area contributed by atoms with Crippen molar-refractivity contribution < 1.29 is 32.2 Å². The average molecular weight is 684 g/mol. The van der Waals surface area contributed by atoms with Crippen LogP contribution in [0, 0.1) is 0 Å². The predicted octanol–water partition coefficient (Wildman–Crippen LogP) is 1.69. The van der Waals surface area contributed by atoms with Crippen LogP contribution in [0.25, 0.3) is 0 Å². The van der Waals surface area contributed by atoms with Crippen LogP contribution < -0.4 is 9.80 Å². The molecule has 0 aromatic carbocycles. The Morgan fingerprint density at radius 2 is 0.522 bits per heavy atom. The molecule has 10 nitrogen and oxygen atoms in total. The molecule has 298 valence electrons. The maximum Gasteiger partial charge on any atom is 0.206 e. The van der Waals surface area contributed by atoms with Crippen molar-refractivity contribution in [1.82, 2.24) is 14.7 Å². The molecule has 0 aliphatic rings. The number of hydrogen-bond donors (Lipinski definition) is 2. The van der Waals surface area contributed by atoms with E-state index in [2.05, 4.69) is 179 Å². The highest BCUT2D eigenvalue weighted by Gasteiger charge is 2.17. The van der Waals surface area contributed by atoms with Crippen LogP contribution in [0.3, 0.4) is 0 Å². The lowest BCUT2D eigenvalue weighted by atomic mass is 10.6. The second kappa shape index (κ2) is 35.9. The van der Waals surface area contributed by atoms with Crippen molar-refractivity contribution in [3.05, 3.63) is 0 Å². The Hall–Kier alpha value is -0.400. The van der Waals surface area contributed by atoms with Gasteiger partial charge in [0, 0.05) is 6.67 Å². The fourth-order valence-electron chi connectivity index (χ4n) is 3.74. The summed E-state index contributed by atoms with van der Waals surface area (Å²) in [5.74, 6) is 0. The van der Waals surface area contributed by atoms with Gasteiger partial charge in [0.2, 0.25) is 20.0 Å². The maximum absolute atomic E-state index is 2.21. The fraction of sp³-hybridized carbons (Fsp3) is 1.00. The molecular weight excluding hydrogens is 572 g/mol. The zero-order valence-electron chi connectivity index (χ0n) is 34.4. The molecule has 10 heteroatoms. The second-order valence-corrected chi connectivity index (χ2v) is 18.4. The van der Waals surface area contributed by atoms with Gasteiger partial charge in [-0.2, -0.15) is 0 Å². The summed E-state index contributed by atoms with van der Waals surface area (Å²) in [5, 5.41) is 0. The first-order chi connectivity index (χ1) is 17.4. The standard InChI is InChI=1S/C7H20N2.2C6H17N2.C5H14N2.C4H12N.C3H9N.5CH4/c1-8(2,3)7-9(4,5)6;2*1-7(2)6-8(3,4)5;1-6(2)5-7(3)4;1-5(2,3)4;1-4(2)3;;;;;/h7H2,1-6H3;2*6H2,1-5H3;5H2,1-4H3;1-4H3;1-3H3;5*1H4/q+2;2*+1;;+1;;;;;;/p+2. The summed E-state index contributed by atoms with van der Waals surface area (Å²) in [6, 6.07) is 0. The van der Waals surface area contributed by atoms with Crippen molar-refractivity contribution in [3.8, 4) is 0 Å². The van der Waals surface area contributed by atoms with E-state index in [-0.39, 0.29) is 37.1 Å². The number of nitrogens with one attached hydrogen (secondary N) is 2. The van der Waals surface area contributed by atoms with Gasteiger partial charge < -0.3 is 9.38 Å². The minimum Gasteiger partial charge on any atom is -0.333 e. The Bertz CT molecular complexity index is 481. The molecule has 0 aliphatic carbocycles. The zero-order valence-corrected chi connectivity index (χ0v) is 34.4. The van der Waals surface area contributed by atoms with E-state index in [1.54, 1.807) is 0 Å². The number of hydrogen-bond acceptors (Lipinski definition) is 3. The molecule has 46 heavy (non-hydrogen) atoms. The lowest BCUT2D eigenvalue weighted by Gasteiger charge is -2.32. The molecule has 0 aliphatic heterocycles. The molecule has 2 N–H and O–H groups in total. The van der Waals surface area contributed by atoms with E-state index in [4.69, 9.17) is 0 Å². The van der Waals surface area contributed by atoms with Crippen molar-refractivity contribution in [2.24, 2.45) is 0 Å². The monoisotopic (exact) mass is 684 g/mol. The summed E-state index contributed by atoms with van der Waals surface area (Å²) in [4.78, 5) is 9.25. The van der Waals surface area contributed by atoms with Crippen molar-refractivity contribution in [2.75, 3.05) is 217 Å². The summed E-state index contributed by atoms with van der Waals surface area (Å²) in [7, 11) is 57.9. The van der Waals surface area contributed by atoms with E-state index in [1.807, 2.05) is 26.0 Å². The minimum atomic E-state index is 0. The van der Waals surface area contributed by atoms with Crippen LogP contribution in [0.1, 0.15) is 37.1 Å². The van der Waals surface area contributed by atoms with Gasteiger partial charge in [0.15, 0.2) is 0 Å². The van der Waals surface area contributed by atoms with Crippen molar-refractivity contribution in [1.29, 1.82) is 0 Å². The van der Waals surface area contributed by atoms with Gasteiger partial charge in [-0.15, -0.1) is 0 Å². The minimum absolute atomic E-state index is 0. The van der Waals surface area contributed by atoms with Crippen molar-refractivity contribution in [2.45, 2.75) is 37.1 Å². The molecule has 0 heterocycles. The van der Waals surface area contributed by atoms with Crippen LogP contribution in [-0.4, -0.2) is 254 Å². The van der Waals surface area contributed by atoms with E-state index in [0.29, 0.717) is 0 Å². The van der Waals surface area contributed by atoms with Crippen LogP contribution in [0.2, 0.25) is 0 Å². The Labute approximate surface area is 300 Å². The van der Waals surface area contributed by atoms with Crippen molar-refractivity contribution in [3.63, 3.8) is 0 Å². The van der Waals surface area contributed by atoms with E-state index < -0.39 is 0 Å². The highest BCUT2D eigenvalue weighted by atomic mass is 15.5. The Morgan fingerprint density at radius 1 is 0.370 bits per heavy atom. The molecule has 0 radical (unpaired) electrons. The van der Waals surface area contributed by atoms with Crippen LogP contribution in [-0.2, 0) is 0 Å². The van der Waals surface area contributed by atoms with Crippen LogP contribution >= 0.6 is 0 Å². The SMILES string of the molecule is C.C.C.C.C.CN(C)C.CN(C)CN(C)C.C[N+](C)(C)C.C[N+](C)(C)C[N+](C)(C)C.C[NH+](C)C[N+](C)(C)C.C[NH+](C)C[N+](C)(C)C. The summed E-state index contributed by atoms with van der Waals surface area (Å²) < 4.78 is 5.15. The molecule has 0 aromatic rings. The third kappa shape index (κ3) is 206. The molecule has 0 unspecified atom stereocenters. The number of quaternary nitrogens is 7. The van der Waals surface area contributed by atoms with E-state index in [1.165, 1.54) is 29.8 Å². The van der Waals surface area contributed by atoms with Crippen LogP contribution in [0.4, 0.5) is 0 Å². The predicted molar refractivity (Wildman–Crippen MR) is 222 cm³/mol. The molecule has 0 atom stereocenters. The van der Waals surface area contributed by atoms with Gasteiger partial charge in [0.25, 0.3) is 0 Å². The summed E-state index contributed by atoms with van der Waals surface area (Å²) in [6.07, 6.45) is 0. The summed E-state index contributed by atoms with van der Waals surface area (Å²) in [6.45, 7) is 4.56. The summed E-state index contributed by atoms with van der Waals surface area (Å²) in [5.41, 5.74) is 0. The van der Waals surface area contributed by atoms with E-state index >= 15 is 0 Å². The molecular formula is C36H111N10+7. The molecule has 0 rings (SSSR count). The van der Waals surface area contributed by atoms with Gasteiger partial charge in [-0.3, -0.25) is 37.5 Å². The second-order valence-electron chi connectivity index (χ2n) is 18.4. The van der Waals surface area contributed by atoms with Crippen LogP contribution in [0.5, 0.6) is 0 Å². The van der Waals surface area contributed by atoms with Crippen molar-refractivity contribution >= 4 is 0 Å². The van der Waals surface area contributed by atoms with Gasteiger partial charge in [0.05, 0.1) is 141 Å². The average Bonchev–Trinajstić information content (AvgIpc) is 2.43. The Morgan fingerprint density at radius 3 is 0.522 bits per heavy atom. The molecule has 0 bridgehead atoms. The van der Waals surface area contributed by atoms with Gasteiger partial charge in [-0.25, -0.2) is 0 Å².